The fraction of sp³-hybridized carbons (Fsp3) is 0.800. The van der Waals surface area contributed by atoms with Gasteiger partial charge in [-0.05, 0) is 19.3 Å². The lowest BCUT2D eigenvalue weighted by atomic mass is 10.3. The minimum atomic E-state index is -0.921. The fourth-order valence-corrected chi connectivity index (χ4v) is 3.06. The van der Waals surface area contributed by atoms with Crippen molar-refractivity contribution in [3.05, 3.63) is 0 Å². The summed E-state index contributed by atoms with van der Waals surface area (Å²) < 4.78 is 0. The Balaban J connectivity index is 1.99. The molecule has 90 valence electrons. The molecule has 1 aliphatic carbocycles. The Morgan fingerprint density at radius 1 is 1.44 bits per heavy atom. The molecule has 2 fully saturated rings. The minimum absolute atomic E-state index is 0.0600. The van der Waals surface area contributed by atoms with Crippen molar-refractivity contribution >= 4 is 23.8 Å². The Morgan fingerprint density at radius 2 is 2.06 bits per heavy atom. The van der Waals surface area contributed by atoms with Crippen LogP contribution >= 0.6 is 11.8 Å². The Labute approximate surface area is 98.6 Å². The van der Waals surface area contributed by atoms with Crippen LogP contribution in [-0.4, -0.2) is 45.2 Å². The third-order valence-electron chi connectivity index (χ3n) is 3.16. The highest BCUT2D eigenvalue weighted by Crippen LogP contribution is 2.32. The van der Waals surface area contributed by atoms with Gasteiger partial charge in [-0.1, -0.05) is 6.92 Å². The zero-order valence-electron chi connectivity index (χ0n) is 9.34. The molecular weight excluding hydrogens is 228 g/mol. The number of thioether (sulfide) groups is 1. The van der Waals surface area contributed by atoms with Crippen LogP contribution in [0, 0.1) is 5.92 Å². The number of hydrogen-bond acceptors (Lipinski definition) is 3. The Kier molecular flexibility index (Phi) is 3.01. The molecule has 0 radical (unpaired) electrons. The van der Waals surface area contributed by atoms with Gasteiger partial charge in [0.05, 0.1) is 5.37 Å². The Hall–Kier alpha value is -0.910. The lowest BCUT2D eigenvalue weighted by Gasteiger charge is -2.25. The molecule has 0 aromatic rings. The summed E-state index contributed by atoms with van der Waals surface area (Å²) in [7, 11) is 0. The summed E-state index contributed by atoms with van der Waals surface area (Å²) in [5.41, 5.74) is 0. The van der Waals surface area contributed by atoms with Gasteiger partial charge in [-0.2, -0.15) is 0 Å². The van der Waals surface area contributed by atoms with Crippen LogP contribution in [0.3, 0.4) is 0 Å². The van der Waals surface area contributed by atoms with Gasteiger partial charge in [-0.25, -0.2) is 9.59 Å². The largest absolute Gasteiger partial charge is 0.480 e. The van der Waals surface area contributed by atoms with E-state index < -0.39 is 12.0 Å². The van der Waals surface area contributed by atoms with Crippen molar-refractivity contribution in [3.8, 4) is 0 Å². The van der Waals surface area contributed by atoms with E-state index in [1.807, 2.05) is 6.92 Å². The monoisotopic (exact) mass is 244 g/mol. The molecule has 1 aliphatic heterocycles. The highest BCUT2D eigenvalue weighted by Gasteiger charge is 2.42. The maximum atomic E-state index is 11.9. The van der Waals surface area contributed by atoms with Crippen LogP contribution in [-0.2, 0) is 4.79 Å². The van der Waals surface area contributed by atoms with Crippen LogP contribution < -0.4 is 5.32 Å². The van der Waals surface area contributed by atoms with Gasteiger partial charge in [0, 0.05) is 11.8 Å². The van der Waals surface area contributed by atoms with Crippen LogP contribution in [0.15, 0.2) is 0 Å². The van der Waals surface area contributed by atoms with Crippen LogP contribution in [0.2, 0.25) is 0 Å². The molecule has 4 atom stereocenters. The summed E-state index contributed by atoms with van der Waals surface area (Å²) in [6.45, 7) is 3.94. The van der Waals surface area contributed by atoms with E-state index in [4.69, 9.17) is 5.11 Å². The van der Waals surface area contributed by atoms with Gasteiger partial charge < -0.3 is 10.4 Å². The van der Waals surface area contributed by atoms with Crippen molar-refractivity contribution < 1.29 is 14.7 Å². The average molecular weight is 244 g/mol. The highest BCUT2D eigenvalue weighted by atomic mass is 32.2. The van der Waals surface area contributed by atoms with E-state index in [-0.39, 0.29) is 17.4 Å². The number of aliphatic carboxylic acids is 1. The SMILES string of the molecule is CC1CC1NC(=O)N1C(C)SCC1C(=O)O. The average Bonchev–Trinajstić information content (AvgIpc) is 2.75. The molecule has 16 heavy (non-hydrogen) atoms. The highest BCUT2D eigenvalue weighted by molar-refractivity contribution is 8.00. The van der Waals surface area contributed by atoms with Gasteiger partial charge in [0.1, 0.15) is 6.04 Å². The molecular formula is C10H16N2O3S. The van der Waals surface area contributed by atoms with Crippen molar-refractivity contribution in [1.29, 1.82) is 0 Å². The van der Waals surface area contributed by atoms with Gasteiger partial charge in [-0.3, -0.25) is 4.90 Å². The predicted octanol–water partition coefficient (Wildman–Crippen LogP) is 0.952. The van der Waals surface area contributed by atoms with Crippen molar-refractivity contribution in [1.82, 2.24) is 10.2 Å². The van der Waals surface area contributed by atoms with Gasteiger partial charge in [-0.15, -0.1) is 11.8 Å². The Morgan fingerprint density at radius 3 is 2.56 bits per heavy atom. The topological polar surface area (TPSA) is 69.6 Å². The van der Waals surface area contributed by atoms with Crippen molar-refractivity contribution in [2.45, 2.75) is 37.7 Å². The molecule has 1 saturated heterocycles. The maximum Gasteiger partial charge on any atom is 0.327 e. The number of hydrogen-bond donors (Lipinski definition) is 2. The van der Waals surface area contributed by atoms with Gasteiger partial charge in [0.2, 0.25) is 0 Å². The lowest BCUT2D eigenvalue weighted by Crippen LogP contribution is -2.50. The van der Waals surface area contributed by atoms with E-state index in [1.165, 1.54) is 16.7 Å². The summed E-state index contributed by atoms with van der Waals surface area (Å²) in [6.07, 6.45) is 0.999. The molecule has 0 spiro atoms. The number of nitrogens with zero attached hydrogens (tertiary/aromatic N) is 1. The van der Waals surface area contributed by atoms with E-state index in [0.29, 0.717) is 11.7 Å². The van der Waals surface area contributed by atoms with Crippen LogP contribution in [0.25, 0.3) is 0 Å². The summed E-state index contributed by atoms with van der Waals surface area (Å²) in [4.78, 5) is 24.3. The number of urea groups is 1. The third-order valence-corrected chi connectivity index (χ3v) is 4.38. The smallest absolute Gasteiger partial charge is 0.327 e. The summed E-state index contributed by atoms with van der Waals surface area (Å²) in [5, 5.41) is 11.8. The van der Waals surface area contributed by atoms with Crippen molar-refractivity contribution in [2.75, 3.05) is 5.75 Å². The van der Waals surface area contributed by atoms with Gasteiger partial charge in [0.15, 0.2) is 0 Å². The van der Waals surface area contributed by atoms with Gasteiger partial charge >= 0.3 is 12.0 Å². The number of carboxylic acid groups (broad SMARTS) is 1. The third kappa shape index (κ3) is 2.11. The first-order valence-electron chi connectivity index (χ1n) is 5.44. The standard InChI is InChI=1S/C10H16N2O3S/c1-5-3-7(5)11-10(15)12-6(2)16-4-8(12)9(13)14/h5-8H,3-4H2,1-2H3,(H,11,15)(H,13,14). The number of carboxylic acids is 1. The summed E-state index contributed by atoms with van der Waals surface area (Å²) in [5.74, 6) is 0.0815. The lowest BCUT2D eigenvalue weighted by molar-refractivity contribution is -0.141. The second-order valence-electron chi connectivity index (χ2n) is 4.46. The summed E-state index contributed by atoms with van der Waals surface area (Å²) in [6, 6.07) is -0.687. The molecule has 2 aliphatic rings. The summed E-state index contributed by atoms with van der Waals surface area (Å²) >= 11 is 1.50. The molecule has 2 rings (SSSR count). The molecule has 0 aromatic carbocycles. The van der Waals surface area contributed by atoms with E-state index in [2.05, 4.69) is 12.2 Å². The van der Waals surface area contributed by atoms with E-state index >= 15 is 0 Å². The quantitative estimate of drug-likeness (QED) is 0.759. The van der Waals surface area contributed by atoms with Crippen LogP contribution in [0.4, 0.5) is 4.79 Å². The number of amides is 2. The number of nitrogens with one attached hydrogen (secondary N) is 1. The van der Waals surface area contributed by atoms with Crippen LogP contribution in [0.1, 0.15) is 20.3 Å². The first kappa shape index (κ1) is 11.6. The molecule has 5 nitrogen and oxygen atoms in total. The van der Waals surface area contributed by atoms with E-state index in [1.54, 1.807) is 0 Å². The Bertz CT molecular complexity index is 323. The second kappa shape index (κ2) is 4.16. The molecule has 6 heteroatoms. The maximum absolute atomic E-state index is 11.9. The van der Waals surface area contributed by atoms with Crippen LogP contribution in [0.5, 0.6) is 0 Å². The van der Waals surface area contributed by atoms with Gasteiger partial charge in [0.25, 0.3) is 0 Å². The zero-order chi connectivity index (χ0) is 11.9. The molecule has 1 heterocycles. The zero-order valence-corrected chi connectivity index (χ0v) is 10.2. The normalized spacial score (nSPS) is 37.2. The van der Waals surface area contributed by atoms with E-state index in [9.17, 15) is 9.59 Å². The molecule has 1 saturated carbocycles. The predicted molar refractivity (Wildman–Crippen MR) is 61.3 cm³/mol. The molecule has 0 aromatic heterocycles. The first-order valence-corrected chi connectivity index (χ1v) is 6.49. The van der Waals surface area contributed by atoms with E-state index in [0.717, 1.165) is 6.42 Å². The molecule has 4 unspecified atom stereocenters. The number of rotatable bonds is 2. The second-order valence-corrected chi connectivity index (χ2v) is 5.81. The molecule has 2 N–H and O–H groups in total. The fourth-order valence-electron chi connectivity index (χ4n) is 1.90. The molecule has 0 bridgehead atoms. The van der Waals surface area contributed by atoms with Crippen molar-refractivity contribution in [3.63, 3.8) is 0 Å². The number of carbonyl (C=O) groups is 2. The first-order chi connectivity index (χ1) is 7.50. The molecule has 2 amide bonds. The minimum Gasteiger partial charge on any atom is -0.480 e. The van der Waals surface area contributed by atoms with Crippen molar-refractivity contribution in [2.24, 2.45) is 5.92 Å². The number of carbonyl (C=O) groups excluding carboxylic acids is 1.